The van der Waals surface area contributed by atoms with E-state index in [9.17, 15) is 0 Å². The van der Waals surface area contributed by atoms with Crippen molar-refractivity contribution in [1.29, 1.82) is 0 Å². The van der Waals surface area contributed by atoms with Crippen LogP contribution in [0.5, 0.6) is 0 Å². The monoisotopic (exact) mass is 453 g/mol. The van der Waals surface area contributed by atoms with Crippen molar-refractivity contribution in [3.05, 3.63) is 36.4 Å². The lowest BCUT2D eigenvalue weighted by Gasteiger charge is -2.37. The van der Waals surface area contributed by atoms with Gasteiger partial charge in [0.15, 0.2) is 5.11 Å². The summed E-state index contributed by atoms with van der Waals surface area (Å²) in [6.07, 6.45) is 2.48. The van der Waals surface area contributed by atoms with E-state index in [2.05, 4.69) is 82.5 Å². The molecule has 8 heteroatoms. The Hall–Kier alpha value is -2.61. The van der Waals surface area contributed by atoms with Gasteiger partial charge in [-0.2, -0.15) is 9.97 Å². The summed E-state index contributed by atoms with van der Waals surface area (Å²) < 4.78 is 0. The van der Waals surface area contributed by atoms with E-state index < -0.39 is 0 Å². The molecule has 172 valence electrons. The lowest BCUT2D eigenvalue weighted by atomic mass is 10.0. The van der Waals surface area contributed by atoms with E-state index in [4.69, 9.17) is 22.2 Å². The number of benzene rings is 1. The van der Waals surface area contributed by atoms with E-state index in [1.807, 2.05) is 0 Å². The van der Waals surface area contributed by atoms with Gasteiger partial charge in [0.1, 0.15) is 11.6 Å². The average molecular weight is 454 g/mol. The molecule has 4 rings (SSSR count). The van der Waals surface area contributed by atoms with Crippen molar-refractivity contribution >= 4 is 40.6 Å². The number of anilines is 4. The second-order valence-electron chi connectivity index (χ2n) is 9.16. The van der Waals surface area contributed by atoms with Gasteiger partial charge in [0.2, 0.25) is 5.95 Å². The third kappa shape index (κ3) is 5.79. The summed E-state index contributed by atoms with van der Waals surface area (Å²) in [6.45, 7) is 12.3. The Bertz CT molecular complexity index is 896. The Morgan fingerprint density at radius 2 is 1.62 bits per heavy atom. The molecule has 2 saturated heterocycles. The van der Waals surface area contributed by atoms with E-state index in [1.165, 1.54) is 18.5 Å². The smallest absolute Gasteiger partial charge is 0.232 e. The molecule has 2 aliphatic rings. The molecule has 1 aromatic carbocycles. The third-order valence-corrected chi connectivity index (χ3v) is 6.27. The highest BCUT2D eigenvalue weighted by Crippen LogP contribution is 2.27. The van der Waals surface area contributed by atoms with Gasteiger partial charge in [-0.15, -0.1) is 0 Å². The van der Waals surface area contributed by atoms with Crippen LogP contribution in [-0.4, -0.2) is 60.4 Å². The molecule has 2 fully saturated rings. The van der Waals surface area contributed by atoms with Crippen LogP contribution in [0.15, 0.2) is 36.4 Å². The maximum absolute atomic E-state index is 5.46. The molecule has 1 unspecified atom stereocenters. The number of para-hydroxylation sites is 1. The van der Waals surface area contributed by atoms with Crippen molar-refractivity contribution < 1.29 is 0 Å². The molecule has 1 aromatic heterocycles. The summed E-state index contributed by atoms with van der Waals surface area (Å²) in [5.74, 6) is 3.20. The van der Waals surface area contributed by atoms with Gasteiger partial charge in [-0.25, -0.2) is 0 Å². The first-order valence-electron chi connectivity index (χ1n) is 11.7. The summed E-state index contributed by atoms with van der Waals surface area (Å²) in [4.78, 5) is 16.9. The Morgan fingerprint density at radius 1 is 0.969 bits per heavy atom. The molecule has 7 nitrogen and oxygen atoms in total. The second-order valence-corrected chi connectivity index (χ2v) is 9.57. The van der Waals surface area contributed by atoms with Crippen LogP contribution < -0.4 is 25.3 Å². The van der Waals surface area contributed by atoms with E-state index in [-0.39, 0.29) is 6.04 Å². The Labute approximate surface area is 197 Å². The van der Waals surface area contributed by atoms with Crippen LogP contribution in [0.25, 0.3) is 0 Å². The fraction of sp³-hybridized carbons (Fsp3) is 0.542. The number of aromatic nitrogens is 2. The largest absolute Gasteiger partial charge is 0.368 e. The van der Waals surface area contributed by atoms with Crippen LogP contribution in [0.1, 0.15) is 33.6 Å². The summed E-state index contributed by atoms with van der Waals surface area (Å²) in [5.41, 5.74) is 1.28. The molecular formula is C24H35N7S. The quantitative estimate of drug-likeness (QED) is 0.664. The molecular weight excluding hydrogens is 418 g/mol. The van der Waals surface area contributed by atoms with Crippen LogP contribution in [0, 0.1) is 5.92 Å². The number of nitrogens with one attached hydrogen (secondary N) is 2. The Morgan fingerprint density at radius 3 is 2.28 bits per heavy atom. The fourth-order valence-electron chi connectivity index (χ4n) is 4.43. The molecule has 32 heavy (non-hydrogen) atoms. The number of hydrogen-bond donors (Lipinski definition) is 2. The molecule has 0 radical (unpaired) electrons. The van der Waals surface area contributed by atoms with Crippen molar-refractivity contribution in [2.45, 2.75) is 39.7 Å². The Balaban J connectivity index is 1.53. The molecule has 0 bridgehead atoms. The number of thiocarbonyl (C=S) groups is 1. The van der Waals surface area contributed by atoms with Gasteiger partial charge in [0, 0.05) is 57.1 Å². The predicted octanol–water partition coefficient (Wildman–Crippen LogP) is 3.73. The van der Waals surface area contributed by atoms with Gasteiger partial charge >= 0.3 is 0 Å². The van der Waals surface area contributed by atoms with E-state index in [1.54, 1.807) is 0 Å². The summed E-state index contributed by atoms with van der Waals surface area (Å²) in [5, 5.41) is 7.00. The standard InChI is InChI=1S/C24H35N7S/c1-18(2)25-24(32)28-23-26-21(16-22(27-23)31-11-7-8-19(3)17-31)30-14-12-29(13-15-30)20-9-5-4-6-10-20/h4-6,9-10,16,18-19H,7-8,11-15,17H2,1-3H3,(H2,25,26,27,28,32). The molecule has 2 N–H and O–H groups in total. The van der Waals surface area contributed by atoms with Gasteiger partial charge in [-0.05, 0) is 57.0 Å². The van der Waals surface area contributed by atoms with Crippen LogP contribution in [0.2, 0.25) is 0 Å². The first kappa shape index (κ1) is 22.6. The van der Waals surface area contributed by atoms with Crippen LogP contribution in [0.3, 0.4) is 0 Å². The molecule has 0 spiro atoms. The van der Waals surface area contributed by atoms with Gasteiger partial charge in [0.05, 0.1) is 0 Å². The minimum Gasteiger partial charge on any atom is -0.368 e. The molecule has 1 atom stereocenters. The Kier molecular flexibility index (Phi) is 7.29. The van der Waals surface area contributed by atoms with E-state index >= 15 is 0 Å². The van der Waals surface area contributed by atoms with Gasteiger partial charge in [-0.3, -0.25) is 0 Å². The number of hydrogen-bond acceptors (Lipinski definition) is 6. The zero-order valence-corrected chi connectivity index (χ0v) is 20.2. The summed E-state index contributed by atoms with van der Waals surface area (Å²) in [7, 11) is 0. The average Bonchev–Trinajstić information content (AvgIpc) is 2.79. The maximum atomic E-state index is 5.46. The number of piperazine rings is 1. The lowest BCUT2D eigenvalue weighted by Crippen LogP contribution is -2.47. The van der Waals surface area contributed by atoms with Crippen molar-refractivity contribution in [1.82, 2.24) is 15.3 Å². The maximum Gasteiger partial charge on any atom is 0.232 e. The summed E-state index contributed by atoms with van der Waals surface area (Å²) in [6, 6.07) is 13.0. The number of nitrogens with zero attached hydrogens (tertiary/aromatic N) is 5. The number of rotatable bonds is 5. The highest BCUT2D eigenvalue weighted by molar-refractivity contribution is 7.80. The predicted molar refractivity (Wildman–Crippen MR) is 138 cm³/mol. The van der Waals surface area contributed by atoms with Crippen LogP contribution in [0.4, 0.5) is 23.3 Å². The van der Waals surface area contributed by atoms with Gasteiger partial charge in [-0.1, -0.05) is 25.1 Å². The third-order valence-electron chi connectivity index (χ3n) is 6.05. The van der Waals surface area contributed by atoms with Crippen molar-refractivity contribution in [3.8, 4) is 0 Å². The first-order valence-corrected chi connectivity index (χ1v) is 12.2. The normalized spacial score (nSPS) is 19.2. The van der Waals surface area contributed by atoms with Crippen LogP contribution in [-0.2, 0) is 0 Å². The van der Waals surface area contributed by atoms with Crippen molar-refractivity contribution in [2.75, 3.05) is 59.3 Å². The van der Waals surface area contributed by atoms with E-state index in [0.717, 1.165) is 50.9 Å². The minimum absolute atomic E-state index is 0.256. The number of piperidine rings is 1. The fourth-order valence-corrected chi connectivity index (χ4v) is 4.76. The molecule has 3 heterocycles. The van der Waals surface area contributed by atoms with Gasteiger partial charge in [0.25, 0.3) is 0 Å². The van der Waals surface area contributed by atoms with Crippen molar-refractivity contribution in [3.63, 3.8) is 0 Å². The minimum atomic E-state index is 0.256. The first-order chi connectivity index (χ1) is 15.5. The zero-order valence-electron chi connectivity index (χ0n) is 19.4. The second kappa shape index (κ2) is 10.3. The zero-order chi connectivity index (χ0) is 22.5. The summed E-state index contributed by atoms with van der Waals surface area (Å²) >= 11 is 5.46. The van der Waals surface area contributed by atoms with Crippen LogP contribution >= 0.6 is 12.2 Å². The van der Waals surface area contributed by atoms with Crippen molar-refractivity contribution in [2.24, 2.45) is 5.92 Å². The van der Waals surface area contributed by atoms with E-state index in [0.29, 0.717) is 17.0 Å². The molecule has 2 aliphatic heterocycles. The molecule has 0 saturated carbocycles. The highest BCUT2D eigenvalue weighted by atomic mass is 32.1. The molecule has 2 aromatic rings. The lowest BCUT2D eigenvalue weighted by molar-refractivity contribution is 0.444. The molecule has 0 amide bonds. The highest BCUT2D eigenvalue weighted by Gasteiger charge is 2.23. The SMILES string of the molecule is CC1CCCN(c2cc(N3CCN(c4ccccc4)CC3)nc(NC(=S)NC(C)C)n2)C1. The van der Waals surface area contributed by atoms with Gasteiger partial charge < -0.3 is 25.3 Å². The molecule has 0 aliphatic carbocycles. The topological polar surface area (TPSA) is 59.6 Å².